The van der Waals surface area contributed by atoms with Gasteiger partial charge in [-0.05, 0) is 49.1 Å². The quantitative estimate of drug-likeness (QED) is 0.883. The second-order valence-corrected chi connectivity index (χ2v) is 6.47. The van der Waals surface area contributed by atoms with Crippen LogP contribution in [0.1, 0.15) is 29.3 Å². The number of fused-ring (bicyclic) bond motifs is 1. The lowest BCUT2D eigenvalue weighted by Crippen LogP contribution is -2.29. The largest absolute Gasteiger partial charge is 0.497 e. The second-order valence-electron chi connectivity index (χ2n) is 5.27. The molecule has 1 aliphatic carbocycles. The lowest BCUT2D eigenvalue weighted by Gasteiger charge is -2.30. The maximum Gasteiger partial charge on any atom is 0.188 e. The molecule has 0 saturated carbocycles. The average Bonchev–Trinajstić information content (AvgIpc) is 2.50. The highest BCUT2D eigenvalue weighted by molar-refractivity contribution is 7.99. The summed E-state index contributed by atoms with van der Waals surface area (Å²) in [4.78, 5) is 8.79. The van der Waals surface area contributed by atoms with Gasteiger partial charge in [0.1, 0.15) is 5.75 Å². The standard InChI is InChI=1S/C16H19N3OS/c1-10-7-8-18-16(19-10)21-14-6-4-11-3-5-12(20-2)9-13(11)15(14)17/h3,5,7-9,14-15H,4,6,17H2,1-2H3. The Morgan fingerprint density at radius 3 is 2.95 bits per heavy atom. The maximum atomic E-state index is 6.47. The first-order chi connectivity index (χ1) is 10.2. The first-order valence-corrected chi connectivity index (χ1v) is 7.94. The summed E-state index contributed by atoms with van der Waals surface area (Å²) >= 11 is 1.68. The van der Waals surface area contributed by atoms with Gasteiger partial charge < -0.3 is 10.5 Å². The predicted octanol–water partition coefficient (Wildman–Crippen LogP) is 2.90. The Bertz CT molecular complexity index is 647. The molecule has 0 bridgehead atoms. The van der Waals surface area contributed by atoms with Crippen LogP contribution in [0.25, 0.3) is 0 Å². The van der Waals surface area contributed by atoms with Gasteiger partial charge in [0, 0.05) is 23.2 Å². The van der Waals surface area contributed by atoms with Crippen molar-refractivity contribution in [3.63, 3.8) is 0 Å². The molecule has 21 heavy (non-hydrogen) atoms. The van der Waals surface area contributed by atoms with Crippen molar-refractivity contribution in [1.29, 1.82) is 0 Å². The third kappa shape index (κ3) is 3.04. The van der Waals surface area contributed by atoms with Gasteiger partial charge in [0.05, 0.1) is 7.11 Å². The topological polar surface area (TPSA) is 61.0 Å². The molecular weight excluding hydrogens is 282 g/mol. The van der Waals surface area contributed by atoms with Gasteiger partial charge in [-0.2, -0.15) is 0 Å². The molecule has 2 atom stereocenters. The SMILES string of the molecule is COc1ccc2c(c1)C(N)C(Sc1nccc(C)n1)CC2. The number of thioether (sulfide) groups is 1. The number of rotatable bonds is 3. The van der Waals surface area contributed by atoms with Crippen LogP contribution in [0.5, 0.6) is 5.75 Å². The molecule has 110 valence electrons. The van der Waals surface area contributed by atoms with E-state index in [0.29, 0.717) is 5.25 Å². The van der Waals surface area contributed by atoms with E-state index in [9.17, 15) is 0 Å². The molecule has 0 aliphatic heterocycles. The zero-order valence-corrected chi connectivity index (χ0v) is 13.1. The summed E-state index contributed by atoms with van der Waals surface area (Å²) in [6.45, 7) is 1.98. The third-order valence-electron chi connectivity index (χ3n) is 3.84. The molecule has 4 nitrogen and oxygen atoms in total. The Labute approximate surface area is 129 Å². The van der Waals surface area contributed by atoms with Crippen molar-refractivity contribution in [3.8, 4) is 5.75 Å². The predicted molar refractivity (Wildman–Crippen MR) is 84.7 cm³/mol. The van der Waals surface area contributed by atoms with Crippen LogP contribution in [-0.2, 0) is 6.42 Å². The van der Waals surface area contributed by atoms with Gasteiger partial charge in [-0.1, -0.05) is 17.8 Å². The fourth-order valence-electron chi connectivity index (χ4n) is 2.67. The third-order valence-corrected chi connectivity index (χ3v) is 5.08. The van der Waals surface area contributed by atoms with Gasteiger partial charge >= 0.3 is 0 Å². The first-order valence-electron chi connectivity index (χ1n) is 7.06. The summed E-state index contributed by atoms with van der Waals surface area (Å²) in [5, 5.41) is 1.10. The van der Waals surface area contributed by atoms with Gasteiger partial charge in [-0.25, -0.2) is 9.97 Å². The summed E-state index contributed by atoms with van der Waals surface area (Å²) in [5.41, 5.74) is 9.96. The number of methoxy groups -OCH3 is 1. The summed E-state index contributed by atoms with van der Waals surface area (Å²) in [5.74, 6) is 0.863. The van der Waals surface area contributed by atoms with Crippen LogP contribution >= 0.6 is 11.8 Å². The van der Waals surface area contributed by atoms with Crippen LogP contribution in [0.2, 0.25) is 0 Å². The molecule has 0 fully saturated rings. The number of nitrogens with two attached hydrogens (primary N) is 1. The Hall–Kier alpha value is -1.59. The normalized spacial score (nSPS) is 20.9. The van der Waals surface area contributed by atoms with E-state index in [2.05, 4.69) is 22.1 Å². The van der Waals surface area contributed by atoms with Crippen molar-refractivity contribution >= 4 is 11.8 Å². The van der Waals surface area contributed by atoms with Crippen molar-refractivity contribution in [2.75, 3.05) is 7.11 Å². The molecule has 0 spiro atoms. The molecule has 2 N–H and O–H groups in total. The van der Waals surface area contributed by atoms with Gasteiger partial charge in [-0.3, -0.25) is 0 Å². The lowest BCUT2D eigenvalue weighted by atomic mass is 9.87. The summed E-state index contributed by atoms with van der Waals surface area (Å²) in [6.07, 6.45) is 3.88. The molecule has 0 radical (unpaired) electrons. The minimum atomic E-state index is -0.0158. The van der Waals surface area contributed by atoms with Gasteiger partial charge in [-0.15, -0.1) is 0 Å². The minimum absolute atomic E-state index is 0.0158. The molecule has 0 saturated heterocycles. The van der Waals surface area contributed by atoms with Crippen LogP contribution in [0.3, 0.4) is 0 Å². The molecular formula is C16H19N3OS. The number of ether oxygens (including phenoxy) is 1. The van der Waals surface area contributed by atoms with Crippen LogP contribution in [0.4, 0.5) is 0 Å². The van der Waals surface area contributed by atoms with Gasteiger partial charge in [0.15, 0.2) is 5.16 Å². The highest BCUT2D eigenvalue weighted by Gasteiger charge is 2.28. The van der Waals surface area contributed by atoms with E-state index >= 15 is 0 Å². The van der Waals surface area contributed by atoms with Crippen LogP contribution < -0.4 is 10.5 Å². The summed E-state index contributed by atoms with van der Waals surface area (Å²) in [7, 11) is 1.68. The van der Waals surface area contributed by atoms with E-state index in [1.165, 1.54) is 11.1 Å². The highest BCUT2D eigenvalue weighted by Crippen LogP contribution is 2.38. The fourth-order valence-corrected chi connectivity index (χ4v) is 3.78. The van der Waals surface area contributed by atoms with Crippen LogP contribution in [0.15, 0.2) is 35.6 Å². The van der Waals surface area contributed by atoms with Crippen molar-refractivity contribution in [3.05, 3.63) is 47.3 Å². The molecule has 2 unspecified atom stereocenters. The average molecular weight is 301 g/mol. The molecule has 3 rings (SSSR count). The van der Waals surface area contributed by atoms with E-state index in [4.69, 9.17) is 10.5 Å². The van der Waals surface area contributed by atoms with E-state index < -0.39 is 0 Å². The van der Waals surface area contributed by atoms with Crippen molar-refractivity contribution in [2.24, 2.45) is 5.73 Å². The number of aryl methyl sites for hydroxylation is 2. The Morgan fingerprint density at radius 2 is 2.19 bits per heavy atom. The molecule has 2 aromatic rings. The van der Waals surface area contributed by atoms with E-state index in [1.54, 1.807) is 25.1 Å². The van der Waals surface area contributed by atoms with Crippen molar-refractivity contribution < 1.29 is 4.74 Å². The monoisotopic (exact) mass is 301 g/mol. The number of hydrogen-bond donors (Lipinski definition) is 1. The number of aromatic nitrogens is 2. The van der Waals surface area contributed by atoms with Crippen LogP contribution in [-0.4, -0.2) is 22.3 Å². The van der Waals surface area contributed by atoms with Crippen molar-refractivity contribution in [1.82, 2.24) is 9.97 Å². The van der Waals surface area contributed by atoms with Gasteiger partial charge in [0.2, 0.25) is 0 Å². The zero-order chi connectivity index (χ0) is 14.8. The highest BCUT2D eigenvalue weighted by atomic mass is 32.2. The van der Waals surface area contributed by atoms with E-state index in [-0.39, 0.29) is 6.04 Å². The van der Waals surface area contributed by atoms with E-state index in [1.807, 2.05) is 19.1 Å². The molecule has 5 heteroatoms. The molecule has 1 aromatic carbocycles. The molecule has 0 amide bonds. The fraction of sp³-hybridized carbons (Fsp3) is 0.375. The number of nitrogens with zero attached hydrogens (tertiary/aromatic N) is 2. The Balaban J connectivity index is 1.82. The zero-order valence-electron chi connectivity index (χ0n) is 12.2. The van der Waals surface area contributed by atoms with E-state index in [0.717, 1.165) is 29.4 Å². The molecule has 1 heterocycles. The lowest BCUT2D eigenvalue weighted by molar-refractivity contribution is 0.412. The number of hydrogen-bond acceptors (Lipinski definition) is 5. The molecule has 1 aliphatic rings. The second kappa shape index (κ2) is 6.03. The van der Waals surface area contributed by atoms with Crippen molar-refractivity contribution in [2.45, 2.75) is 36.2 Å². The summed E-state index contributed by atoms with van der Waals surface area (Å²) in [6, 6.07) is 8.08. The van der Waals surface area contributed by atoms with Crippen LogP contribution in [0, 0.1) is 6.92 Å². The molecule has 1 aromatic heterocycles. The van der Waals surface area contributed by atoms with Gasteiger partial charge in [0.25, 0.3) is 0 Å². The number of benzene rings is 1. The Morgan fingerprint density at radius 1 is 1.33 bits per heavy atom. The smallest absolute Gasteiger partial charge is 0.188 e. The first kappa shape index (κ1) is 14.4. The maximum absolute atomic E-state index is 6.47. The minimum Gasteiger partial charge on any atom is -0.497 e. The Kier molecular flexibility index (Phi) is 4.12. The summed E-state index contributed by atoms with van der Waals surface area (Å²) < 4.78 is 5.31.